The molecule has 0 bridgehead atoms. The molecule has 2 N–H and O–H groups in total. The van der Waals surface area contributed by atoms with Gasteiger partial charge in [-0.2, -0.15) is 0 Å². The van der Waals surface area contributed by atoms with Gasteiger partial charge in [-0.1, -0.05) is 19.3 Å². The average Bonchev–Trinajstić information content (AvgIpc) is 2.40. The molecular weight excluding hydrogens is 226 g/mol. The van der Waals surface area contributed by atoms with Gasteiger partial charge in [0.2, 0.25) is 5.91 Å². The zero-order valence-corrected chi connectivity index (χ0v) is 11.8. The highest BCUT2D eigenvalue weighted by Gasteiger charge is 2.39. The van der Waals surface area contributed by atoms with Crippen LogP contribution in [-0.4, -0.2) is 54.0 Å². The van der Waals surface area contributed by atoms with Crippen LogP contribution in [-0.2, 0) is 4.79 Å². The molecule has 2 fully saturated rings. The molecule has 0 radical (unpaired) electrons. The first-order chi connectivity index (χ1) is 8.65. The van der Waals surface area contributed by atoms with Crippen molar-refractivity contribution in [1.82, 2.24) is 9.80 Å². The van der Waals surface area contributed by atoms with E-state index in [1.807, 2.05) is 11.9 Å². The second kappa shape index (κ2) is 6.02. The van der Waals surface area contributed by atoms with E-state index >= 15 is 0 Å². The fourth-order valence-corrected chi connectivity index (χ4v) is 3.41. The minimum atomic E-state index is 0.0271. The van der Waals surface area contributed by atoms with Gasteiger partial charge in [0.25, 0.3) is 0 Å². The summed E-state index contributed by atoms with van der Waals surface area (Å²) in [4.78, 5) is 16.8. The fourth-order valence-electron chi connectivity index (χ4n) is 3.41. The molecular formula is C14H27N3O. The van der Waals surface area contributed by atoms with Gasteiger partial charge in [-0.25, -0.2) is 0 Å². The lowest BCUT2D eigenvalue weighted by molar-refractivity contribution is -0.146. The third-order valence-corrected chi connectivity index (χ3v) is 4.65. The van der Waals surface area contributed by atoms with Gasteiger partial charge >= 0.3 is 0 Å². The Morgan fingerprint density at radius 2 is 1.94 bits per heavy atom. The quantitative estimate of drug-likeness (QED) is 0.822. The first kappa shape index (κ1) is 13.8. The van der Waals surface area contributed by atoms with Gasteiger partial charge < -0.3 is 10.6 Å². The van der Waals surface area contributed by atoms with Gasteiger partial charge in [-0.05, 0) is 32.7 Å². The maximum atomic E-state index is 12.4. The van der Waals surface area contributed by atoms with Crippen LogP contribution in [0, 0.1) is 0 Å². The number of amides is 1. The molecule has 1 amide bonds. The van der Waals surface area contributed by atoms with E-state index in [9.17, 15) is 4.79 Å². The summed E-state index contributed by atoms with van der Waals surface area (Å²) in [7, 11) is 1.93. The summed E-state index contributed by atoms with van der Waals surface area (Å²) < 4.78 is 0. The van der Waals surface area contributed by atoms with E-state index in [1.54, 1.807) is 0 Å². The van der Waals surface area contributed by atoms with Crippen LogP contribution in [0.5, 0.6) is 0 Å². The number of hydrogen-bond donors (Lipinski definition) is 1. The molecule has 0 aromatic rings. The molecule has 1 saturated carbocycles. The van der Waals surface area contributed by atoms with Gasteiger partial charge in [0.05, 0.1) is 6.04 Å². The molecule has 2 atom stereocenters. The Morgan fingerprint density at radius 1 is 1.28 bits per heavy atom. The zero-order valence-electron chi connectivity index (χ0n) is 11.8. The number of carbonyl (C=O) groups excluding carboxylic acids is 1. The van der Waals surface area contributed by atoms with E-state index in [0.29, 0.717) is 18.6 Å². The highest BCUT2D eigenvalue weighted by molar-refractivity contribution is 5.82. The zero-order chi connectivity index (χ0) is 13.1. The van der Waals surface area contributed by atoms with E-state index in [4.69, 9.17) is 5.73 Å². The minimum Gasteiger partial charge on any atom is -0.340 e. The molecule has 18 heavy (non-hydrogen) atoms. The molecule has 4 nitrogen and oxygen atoms in total. The maximum Gasteiger partial charge on any atom is 0.240 e. The summed E-state index contributed by atoms with van der Waals surface area (Å²) >= 11 is 0. The van der Waals surface area contributed by atoms with Crippen molar-refractivity contribution in [2.45, 2.75) is 63.6 Å². The topological polar surface area (TPSA) is 49.6 Å². The van der Waals surface area contributed by atoms with Crippen molar-refractivity contribution >= 4 is 5.91 Å². The molecule has 2 aliphatic rings. The first-order valence-electron chi connectivity index (χ1n) is 7.37. The Hall–Kier alpha value is -0.610. The SMILES string of the molecule is CC1CN(C2CCCCC2)C(CCN)C(=O)N1C. The predicted molar refractivity (Wildman–Crippen MR) is 73.3 cm³/mol. The number of carbonyl (C=O) groups is 1. The van der Waals surface area contributed by atoms with E-state index in [-0.39, 0.29) is 11.9 Å². The van der Waals surface area contributed by atoms with Crippen molar-refractivity contribution in [1.29, 1.82) is 0 Å². The normalized spacial score (nSPS) is 31.9. The fraction of sp³-hybridized carbons (Fsp3) is 0.929. The average molecular weight is 253 g/mol. The lowest BCUT2D eigenvalue weighted by atomic mass is 9.90. The van der Waals surface area contributed by atoms with Gasteiger partial charge in [0.15, 0.2) is 0 Å². The Bertz CT molecular complexity index is 289. The first-order valence-corrected chi connectivity index (χ1v) is 7.37. The Balaban J connectivity index is 2.11. The van der Waals surface area contributed by atoms with Crippen LogP contribution >= 0.6 is 0 Å². The predicted octanol–water partition coefficient (Wildman–Crippen LogP) is 1.20. The van der Waals surface area contributed by atoms with E-state index < -0.39 is 0 Å². The van der Waals surface area contributed by atoms with Crippen molar-refractivity contribution in [3.05, 3.63) is 0 Å². The minimum absolute atomic E-state index is 0.0271. The van der Waals surface area contributed by atoms with E-state index in [1.165, 1.54) is 32.1 Å². The summed E-state index contributed by atoms with van der Waals surface area (Å²) in [6, 6.07) is 0.961. The lowest BCUT2D eigenvalue weighted by Gasteiger charge is -2.47. The van der Waals surface area contributed by atoms with Crippen LogP contribution in [0.1, 0.15) is 45.4 Å². The molecule has 2 rings (SSSR count). The molecule has 1 aliphatic heterocycles. The third-order valence-electron chi connectivity index (χ3n) is 4.65. The van der Waals surface area contributed by atoms with Gasteiger partial charge in [-0.3, -0.25) is 9.69 Å². The number of nitrogens with zero attached hydrogens (tertiary/aromatic N) is 2. The van der Waals surface area contributed by atoms with Crippen LogP contribution < -0.4 is 5.73 Å². The van der Waals surface area contributed by atoms with Crippen molar-refractivity contribution in [3.63, 3.8) is 0 Å². The second-order valence-electron chi connectivity index (χ2n) is 5.88. The van der Waals surface area contributed by atoms with Crippen molar-refractivity contribution in [2.75, 3.05) is 20.1 Å². The highest BCUT2D eigenvalue weighted by atomic mass is 16.2. The number of nitrogens with two attached hydrogens (primary N) is 1. The van der Waals surface area contributed by atoms with Crippen molar-refractivity contribution < 1.29 is 4.79 Å². The standard InChI is InChI=1S/C14H27N3O/c1-11-10-17(12-6-4-3-5-7-12)13(8-9-15)14(18)16(11)2/h11-13H,3-10,15H2,1-2H3. The third kappa shape index (κ3) is 2.69. The van der Waals surface area contributed by atoms with Gasteiger partial charge in [0.1, 0.15) is 0 Å². The summed E-state index contributed by atoms with van der Waals surface area (Å²) in [6.45, 7) is 3.76. The number of piperazine rings is 1. The van der Waals surface area contributed by atoms with Gasteiger partial charge in [0, 0.05) is 25.7 Å². The van der Waals surface area contributed by atoms with Crippen LogP contribution in [0.25, 0.3) is 0 Å². The largest absolute Gasteiger partial charge is 0.340 e. The van der Waals surface area contributed by atoms with Gasteiger partial charge in [-0.15, -0.1) is 0 Å². The smallest absolute Gasteiger partial charge is 0.240 e. The highest BCUT2D eigenvalue weighted by Crippen LogP contribution is 2.28. The van der Waals surface area contributed by atoms with Crippen molar-refractivity contribution in [3.8, 4) is 0 Å². The Morgan fingerprint density at radius 3 is 2.56 bits per heavy atom. The Labute approximate surface area is 110 Å². The van der Waals surface area contributed by atoms with E-state index in [2.05, 4.69) is 11.8 Å². The second-order valence-corrected chi connectivity index (χ2v) is 5.88. The number of hydrogen-bond acceptors (Lipinski definition) is 3. The Kier molecular flexibility index (Phi) is 4.62. The molecule has 4 heteroatoms. The summed E-state index contributed by atoms with van der Waals surface area (Å²) in [5, 5.41) is 0. The van der Waals surface area contributed by atoms with Crippen molar-refractivity contribution in [2.24, 2.45) is 5.73 Å². The number of rotatable bonds is 3. The van der Waals surface area contributed by atoms with Crippen LogP contribution in [0.4, 0.5) is 0 Å². The summed E-state index contributed by atoms with van der Waals surface area (Å²) in [5.41, 5.74) is 5.70. The molecule has 1 heterocycles. The molecule has 2 unspecified atom stereocenters. The molecule has 1 saturated heterocycles. The molecule has 0 spiro atoms. The number of likely N-dealkylation sites (N-methyl/N-ethyl adjacent to an activating group) is 1. The monoisotopic (exact) mass is 253 g/mol. The van der Waals surface area contributed by atoms with Crippen LogP contribution in [0.15, 0.2) is 0 Å². The van der Waals surface area contributed by atoms with E-state index in [0.717, 1.165) is 13.0 Å². The van der Waals surface area contributed by atoms with Crippen LogP contribution in [0.2, 0.25) is 0 Å². The molecule has 0 aromatic carbocycles. The summed E-state index contributed by atoms with van der Waals surface area (Å²) in [5.74, 6) is 0.268. The summed E-state index contributed by atoms with van der Waals surface area (Å²) in [6.07, 6.45) is 7.29. The lowest BCUT2D eigenvalue weighted by Crippen LogP contribution is -2.62. The molecule has 104 valence electrons. The van der Waals surface area contributed by atoms with Crippen LogP contribution in [0.3, 0.4) is 0 Å². The maximum absolute atomic E-state index is 12.4. The molecule has 1 aliphatic carbocycles. The molecule has 0 aromatic heterocycles.